The predicted octanol–water partition coefficient (Wildman–Crippen LogP) is -1.01. The Morgan fingerprint density at radius 3 is 1.62 bits per heavy atom. The van der Waals surface area contributed by atoms with Gasteiger partial charge in [0.1, 0.15) is 0 Å². The molecule has 0 aliphatic rings. The molecule has 0 fully saturated rings. The number of carbonyl (C=O) groups is 1. The highest BCUT2D eigenvalue weighted by Crippen LogP contribution is 1.87. The van der Waals surface area contributed by atoms with E-state index in [1.807, 2.05) is 0 Å². The molecule has 0 amide bonds. The molecule has 0 rings (SSSR count). The Morgan fingerprint density at radius 2 is 1.46 bits per heavy atom. The van der Waals surface area contributed by atoms with Gasteiger partial charge in [-0.1, -0.05) is 8.80 Å². The van der Waals surface area contributed by atoms with Gasteiger partial charge in [-0.2, -0.15) is 8.42 Å². The van der Waals surface area contributed by atoms with Gasteiger partial charge in [-0.05, 0) is 0 Å². The first-order valence-electron chi connectivity index (χ1n) is 2.48. The minimum atomic E-state index is -4.28. The lowest BCUT2D eigenvalue weighted by Gasteiger charge is -1.72. The van der Waals surface area contributed by atoms with Crippen LogP contribution in [0, 0.1) is 0 Å². The molecule has 13 heavy (non-hydrogen) atoms. The Hall–Kier alpha value is -1.82. The van der Waals surface area contributed by atoms with Gasteiger partial charge in [0.15, 0.2) is 0 Å². The van der Waals surface area contributed by atoms with Gasteiger partial charge in [-0.3, -0.25) is 4.79 Å². The van der Waals surface area contributed by atoms with E-state index in [1.165, 1.54) is 0 Å². The van der Waals surface area contributed by atoms with Crippen molar-refractivity contribution in [2.75, 3.05) is 0 Å². The molecule has 1 N–H and O–H groups in total. The van der Waals surface area contributed by atoms with Crippen LogP contribution in [0.5, 0.6) is 0 Å². The molecule has 0 saturated carbocycles. The second-order valence-electron chi connectivity index (χ2n) is 1.33. The monoisotopic (exact) mass is 208 g/mol. The lowest BCUT2D eigenvalue weighted by Crippen LogP contribution is -1.86. The topological polar surface area (TPSA) is 130 Å². The summed E-state index contributed by atoms with van der Waals surface area (Å²) in [5.41, 5.74) is 0. The third-order valence-corrected chi connectivity index (χ3v) is 0.916. The van der Waals surface area contributed by atoms with E-state index in [4.69, 9.17) is 9.90 Å². The van der Waals surface area contributed by atoms with E-state index >= 15 is 0 Å². The number of aliphatic carboxylic acids is 1. The molecule has 0 spiro atoms. The van der Waals surface area contributed by atoms with Crippen molar-refractivity contribution >= 4 is 28.3 Å². The number of isocyanates is 2. The first-order chi connectivity index (χ1) is 5.85. The number of rotatable bonds is 2. The molecule has 0 heterocycles. The van der Waals surface area contributed by atoms with Crippen molar-refractivity contribution in [2.45, 2.75) is 6.92 Å². The van der Waals surface area contributed by atoms with Crippen LogP contribution >= 0.6 is 0 Å². The number of carboxylic acids is 1. The quantitative estimate of drug-likeness (QED) is 0.457. The fourth-order valence-corrected chi connectivity index (χ4v) is 0.344. The maximum atomic E-state index is 9.97. The van der Waals surface area contributed by atoms with Crippen molar-refractivity contribution in [3.8, 4) is 0 Å². The van der Waals surface area contributed by atoms with Gasteiger partial charge in [-0.15, -0.1) is 0 Å². The number of nitrogens with zero attached hydrogens (tertiary/aromatic N) is 2. The fourth-order valence-electron chi connectivity index (χ4n) is 0.115. The van der Waals surface area contributed by atoms with Crippen LogP contribution in [-0.4, -0.2) is 31.7 Å². The van der Waals surface area contributed by atoms with Crippen molar-refractivity contribution in [3.05, 3.63) is 0 Å². The van der Waals surface area contributed by atoms with Crippen molar-refractivity contribution in [1.82, 2.24) is 0 Å². The van der Waals surface area contributed by atoms with Crippen LogP contribution in [0.2, 0.25) is 0 Å². The van der Waals surface area contributed by atoms with Crippen LogP contribution in [0.1, 0.15) is 6.92 Å². The van der Waals surface area contributed by atoms with Crippen molar-refractivity contribution in [1.29, 1.82) is 0 Å². The highest BCUT2D eigenvalue weighted by Gasteiger charge is 2.00. The van der Waals surface area contributed by atoms with Gasteiger partial charge in [0, 0.05) is 6.92 Å². The van der Waals surface area contributed by atoms with Crippen LogP contribution in [0.4, 0.5) is 0 Å². The van der Waals surface area contributed by atoms with E-state index in [0.29, 0.717) is 12.2 Å². The average molecular weight is 208 g/mol. The summed E-state index contributed by atoms with van der Waals surface area (Å²) in [7, 11) is -4.28. The zero-order valence-corrected chi connectivity index (χ0v) is 7.11. The number of carbonyl (C=O) groups excluding carboxylic acids is 2. The average Bonchev–Trinajstić information content (AvgIpc) is 1.84. The standard InChI is InChI=1S/C2N2O4S.C2H4O2/c5-1-3-9(7,8)4-2-6;1-2(3)4/h;1H3,(H,3,4). The van der Waals surface area contributed by atoms with E-state index in [-0.39, 0.29) is 0 Å². The van der Waals surface area contributed by atoms with Crippen LogP contribution < -0.4 is 0 Å². The summed E-state index contributed by atoms with van der Waals surface area (Å²) in [5.74, 6) is -0.833. The molecule has 0 aliphatic heterocycles. The van der Waals surface area contributed by atoms with Gasteiger partial charge < -0.3 is 5.11 Å². The molecule has 8 nitrogen and oxygen atoms in total. The maximum Gasteiger partial charge on any atom is 0.383 e. The molecule has 0 saturated heterocycles. The zero-order chi connectivity index (χ0) is 10.9. The SMILES string of the molecule is CC(=O)O.O=C=NS(=O)(=O)N=C=O. The summed E-state index contributed by atoms with van der Waals surface area (Å²) in [5, 5.41) is 7.42. The number of hydrogen-bond acceptors (Lipinski definition) is 5. The van der Waals surface area contributed by atoms with Crippen LogP contribution in [-0.2, 0) is 24.6 Å². The Bertz CT molecular complexity index is 330. The van der Waals surface area contributed by atoms with Crippen molar-refractivity contribution in [3.63, 3.8) is 0 Å². The zero-order valence-electron chi connectivity index (χ0n) is 6.29. The Labute approximate surface area is 72.8 Å². The Balaban J connectivity index is 0. The van der Waals surface area contributed by atoms with Crippen LogP contribution in [0.15, 0.2) is 8.80 Å². The normalized spacial score (nSPS) is 8.08. The molecule has 0 aromatic heterocycles. The molecular formula is C4H4N2O6S. The van der Waals surface area contributed by atoms with Crippen molar-refractivity contribution < 1.29 is 27.9 Å². The van der Waals surface area contributed by atoms with Gasteiger partial charge in [0.25, 0.3) is 18.1 Å². The first-order valence-corrected chi connectivity index (χ1v) is 3.88. The van der Waals surface area contributed by atoms with Gasteiger partial charge in [-0.25, -0.2) is 9.59 Å². The van der Waals surface area contributed by atoms with Gasteiger partial charge in [0.2, 0.25) is 0 Å². The van der Waals surface area contributed by atoms with E-state index in [9.17, 15) is 18.0 Å². The van der Waals surface area contributed by atoms with Crippen molar-refractivity contribution in [2.24, 2.45) is 8.80 Å². The summed E-state index contributed by atoms with van der Waals surface area (Å²) in [6.07, 6.45) is 1.41. The molecule has 0 aliphatic carbocycles. The summed E-state index contributed by atoms with van der Waals surface area (Å²) >= 11 is 0. The van der Waals surface area contributed by atoms with E-state index in [0.717, 1.165) is 6.92 Å². The molecule has 72 valence electrons. The lowest BCUT2D eigenvalue weighted by atomic mass is 10.9. The maximum absolute atomic E-state index is 9.97. The predicted molar refractivity (Wildman–Crippen MR) is 38.5 cm³/mol. The third kappa shape index (κ3) is 17.8. The van der Waals surface area contributed by atoms with Gasteiger partial charge >= 0.3 is 10.2 Å². The fraction of sp³-hybridized carbons (Fsp3) is 0.250. The second-order valence-corrected chi connectivity index (χ2v) is 2.59. The largest absolute Gasteiger partial charge is 0.481 e. The molecule has 0 aromatic carbocycles. The van der Waals surface area contributed by atoms with Crippen LogP contribution in [0.25, 0.3) is 0 Å². The number of carboxylic acid groups (broad SMARTS) is 1. The molecule has 0 atom stereocenters. The lowest BCUT2D eigenvalue weighted by molar-refractivity contribution is -0.134. The minimum Gasteiger partial charge on any atom is -0.481 e. The highest BCUT2D eigenvalue weighted by molar-refractivity contribution is 7.89. The molecular weight excluding hydrogens is 204 g/mol. The smallest absolute Gasteiger partial charge is 0.383 e. The summed E-state index contributed by atoms with van der Waals surface area (Å²) in [4.78, 5) is 27.5. The van der Waals surface area contributed by atoms with Crippen LogP contribution in [0.3, 0.4) is 0 Å². The minimum absolute atomic E-state index is 0.707. The Kier molecular flexibility index (Phi) is 7.26. The molecule has 0 radical (unpaired) electrons. The summed E-state index contributed by atoms with van der Waals surface area (Å²) in [6, 6.07) is 0. The van der Waals surface area contributed by atoms with E-state index in [2.05, 4.69) is 8.80 Å². The number of hydrogen-bond donors (Lipinski definition) is 1. The summed E-state index contributed by atoms with van der Waals surface area (Å²) in [6.45, 7) is 1.08. The van der Waals surface area contributed by atoms with E-state index in [1.54, 1.807) is 0 Å². The molecule has 0 bridgehead atoms. The first kappa shape index (κ1) is 13.7. The molecule has 0 unspecified atom stereocenters. The van der Waals surface area contributed by atoms with Gasteiger partial charge in [0.05, 0.1) is 0 Å². The Morgan fingerprint density at radius 1 is 1.23 bits per heavy atom. The summed E-state index contributed by atoms with van der Waals surface area (Å²) < 4.78 is 24.3. The van der Waals surface area contributed by atoms with E-state index < -0.39 is 16.2 Å². The third-order valence-electron chi connectivity index (χ3n) is 0.305. The second kappa shape index (κ2) is 6.86. The molecule has 9 heteroatoms. The molecule has 0 aromatic rings. The highest BCUT2D eigenvalue weighted by atomic mass is 32.2.